The molecule has 0 aliphatic carbocycles. The molecule has 1 fully saturated rings. The van der Waals surface area contributed by atoms with Gasteiger partial charge in [0, 0.05) is 26.2 Å². The topological polar surface area (TPSA) is 53.1 Å². The first-order valence-electron chi connectivity index (χ1n) is 10.3. The van der Waals surface area contributed by atoms with Crippen LogP contribution in [0, 0.1) is 6.92 Å². The summed E-state index contributed by atoms with van der Waals surface area (Å²) in [6, 6.07) is 14.9. The molecule has 0 unspecified atom stereocenters. The highest BCUT2D eigenvalue weighted by Gasteiger charge is 2.43. The Morgan fingerprint density at radius 2 is 1.63 bits per heavy atom. The van der Waals surface area contributed by atoms with Crippen molar-refractivity contribution in [2.45, 2.75) is 13.8 Å². The fraction of sp³-hybridized carbons (Fsp3) is 0.333. The molecular weight excluding hydrogens is 378 g/mol. The number of methoxy groups -OCH3 is 1. The van der Waals surface area contributed by atoms with Gasteiger partial charge in [0.25, 0.3) is 11.8 Å². The molecule has 0 aromatic heterocycles. The van der Waals surface area contributed by atoms with Gasteiger partial charge < -0.3 is 14.5 Å². The number of hydrogen-bond acceptors (Lipinski definition) is 5. The number of likely N-dealkylation sites (N-methyl/N-ethyl adjacent to an activating group) is 1. The van der Waals surface area contributed by atoms with Crippen LogP contribution < -0.4 is 9.64 Å². The Hall–Kier alpha value is -3.12. The maximum absolute atomic E-state index is 13.6. The monoisotopic (exact) mass is 405 g/mol. The number of benzene rings is 2. The van der Waals surface area contributed by atoms with Gasteiger partial charge in [-0.15, -0.1) is 0 Å². The Morgan fingerprint density at radius 1 is 0.933 bits per heavy atom. The number of anilines is 1. The molecule has 6 heteroatoms. The van der Waals surface area contributed by atoms with Crippen LogP contribution in [0.1, 0.15) is 18.1 Å². The highest BCUT2D eigenvalue weighted by Crippen LogP contribution is 2.35. The Morgan fingerprint density at radius 3 is 2.23 bits per heavy atom. The lowest BCUT2D eigenvalue weighted by atomic mass is 10.0. The van der Waals surface area contributed by atoms with E-state index in [-0.39, 0.29) is 11.8 Å². The molecule has 2 aliphatic rings. The lowest BCUT2D eigenvalue weighted by Gasteiger charge is -2.36. The number of imide groups is 1. The van der Waals surface area contributed by atoms with Crippen molar-refractivity contribution in [1.82, 2.24) is 9.80 Å². The normalized spacial score (nSPS) is 17.8. The quantitative estimate of drug-likeness (QED) is 0.716. The first-order valence-corrected chi connectivity index (χ1v) is 10.3. The van der Waals surface area contributed by atoms with Crippen LogP contribution in [0.15, 0.2) is 54.2 Å². The Balaban J connectivity index is 1.77. The number of piperazine rings is 1. The maximum Gasteiger partial charge on any atom is 0.282 e. The highest BCUT2D eigenvalue weighted by atomic mass is 16.5. The van der Waals surface area contributed by atoms with E-state index in [0.29, 0.717) is 22.7 Å². The summed E-state index contributed by atoms with van der Waals surface area (Å²) in [7, 11) is 1.61. The predicted octanol–water partition coefficient (Wildman–Crippen LogP) is 2.93. The van der Waals surface area contributed by atoms with Crippen molar-refractivity contribution in [2.24, 2.45) is 0 Å². The molecular formula is C24H27N3O3. The van der Waals surface area contributed by atoms with Crippen LogP contribution in [-0.2, 0) is 9.59 Å². The summed E-state index contributed by atoms with van der Waals surface area (Å²) in [6.07, 6.45) is 0. The van der Waals surface area contributed by atoms with E-state index in [9.17, 15) is 9.59 Å². The van der Waals surface area contributed by atoms with Gasteiger partial charge in [0.05, 0.1) is 18.4 Å². The van der Waals surface area contributed by atoms with Crippen LogP contribution in [0.25, 0.3) is 5.57 Å². The number of rotatable bonds is 5. The molecule has 0 radical (unpaired) electrons. The minimum absolute atomic E-state index is 0.249. The average Bonchev–Trinajstić information content (AvgIpc) is 3.04. The fourth-order valence-corrected chi connectivity index (χ4v) is 4.12. The summed E-state index contributed by atoms with van der Waals surface area (Å²) in [5.41, 5.74) is 3.32. The van der Waals surface area contributed by atoms with E-state index in [4.69, 9.17) is 4.74 Å². The van der Waals surface area contributed by atoms with Crippen molar-refractivity contribution in [3.8, 4) is 5.75 Å². The summed E-state index contributed by atoms with van der Waals surface area (Å²) < 4.78 is 5.26. The molecule has 156 valence electrons. The molecule has 1 saturated heterocycles. The van der Waals surface area contributed by atoms with E-state index in [2.05, 4.69) is 16.7 Å². The molecule has 4 rings (SSSR count). The number of carbonyl (C=O) groups excluding carboxylic acids is 2. The minimum Gasteiger partial charge on any atom is -0.497 e. The van der Waals surface area contributed by atoms with E-state index in [1.165, 1.54) is 4.90 Å². The second kappa shape index (κ2) is 8.32. The van der Waals surface area contributed by atoms with Crippen molar-refractivity contribution in [3.63, 3.8) is 0 Å². The van der Waals surface area contributed by atoms with Crippen molar-refractivity contribution in [1.29, 1.82) is 0 Å². The van der Waals surface area contributed by atoms with Gasteiger partial charge in [0.1, 0.15) is 11.4 Å². The van der Waals surface area contributed by atoms with Crippen molar-refractivity contribution in [3.05, 3.63) is 65.4 Å². The third kappa shape index (κ3) is 3.59. The molecule has 2 heterocycles. The fourth-order valence-electron chi connectivity index (χ4n) is 4.12. The van der Waals surface area contributed by atoms with Gasteiger partial charge in [-0.3, -0.25) is 9.59 Å². The number of nitrogens with zero attached hydrogens (tertiary/aromatic N) is 3. The van der Waals surface area contributed by atoms with Gasteiger partial charge in [0.2, 0.25) is 0 Å². The number of hydrogen-bond donors (Lipinski definition) is 0. The molecule has 2 aromatic rings. The van der Waals surface area contributed by atoms with E-state index in [1.54, 1.807) is 7.11 Å². The van der Waals surface area contributed by atoms with Gasteiger partial charge in [-0.05, 0) is 48.9 Å². The van der Waals surface area contributed by atoms with Gasteiger partial charge in [-0.25, -0.2) is 4.90 Å². The number of carbonyl (C=O) groups is 2. The number of aryl methyl sites for hydroxylation is 1. The summed E-state index contributed by atoms with van der Waals surface area (Å²) in [5.74, 6) is 0.190. The van der Waals surface area contributed by atoms with Crippen LogP contribution >= 0.6 is 0 Å². The third-order valence-electron chi connectivity index (χ3n) is 5.83. The zero-order valence-corrected chi connectivity index (χ0v) is 17.7. The standard InChI is InChI=1S/C24H27N3O3/c1-4-25-12-14-26(15-13-25)22-21(18-8-10-20(30-3)11-9-18)23(28)27(24(22)29)19-7-5-6-17(2)16-19/h5-11,16H,4,12-15H2,1-3H3. The average molecular weight is 405 g/mol. The summed E-state index contributed by atoms with van der Waals surface area (Å²) in [4.78, 5) is 32.8. The lowest BCUT2D eigenvalue weighted by molar-refractivity contribution is -0.120. The van der Waals surface area contributed by atoms with E-state index in [1.807, 2.05) is 55.5 Å². The van der Waals surface area contributed by atoms with Crippen LogP contribution in [0.2, 0.25) is 0 Å². The molecule has 0 spiro atoms. The van der Waals surface area contributed by atoms with Crippen molar-refractivity contribution < 1.29 is 14.3 Å². The molecule has 30 heavy (non-hydrogen) atoms. The zero-order valence-electron chi connectivity index (χ0n) is 17.7. The summed E-state index contributed by atoms with van der Waals surface area (Å²) >= 11 is 0. The van der Waals surface area contributed by atoms with Crippen LogP contribution in [0.4, 0.5) is 5.69 Å². The number of ether oxygens (including phenoxy) is 1. The van der Waals surface area contributed by atoms with Gasteiger partial charge >= 0.3 is 0 Å². The third-order valence-corrected chi connectivity index (χ3v) is 5.83. The molecule has 0 atom stereocenters. The smallest absolute Gasteiger partial charge is 0.282 e. The predicted molar refractivity (Wildman–Crippen MR) is 117 cm³/mol. The Bertz CT molecular complexity index is 989. The molecule has 2 aliphatic heterocycles. The summed E-state index contributed by atoms with van der Waals surface area (Å²) in [5, 5.41) is 0. The van der Waals surface area contributed by atoms with Crippen LogP contribution in [0.5, 0.6) is 5.75 Å². The van der Waals surface area contributed by atoms with E-state index >= 15 is 0 Å². The van der Waals surface area contributed by atoms with Crippen molar-refractivity contribution >= 4 is 23.1 Å². The second-order valence-electron chi connectivity index (χ2n) is 7.66. The van der Waals surface area contributed by atoms with E-state index in [0.717, 1.165) is 43.9 Å². The maximum atomic E-state index is 13.6. The SMILES string of the molecule is CCN1CCN(C2=C(c3ccc(OC)cc3)C(=O)N(c3cccc(C)c3)C2=O)CC1. The highest BCUT2D eigenvalue weighted by molar-refractivity contribution is 6.45. The first kappa shape index (κ1) is 20.2. The van der Waals surface area contributed by atoms with Gasteiger partial charge in [-0.2, -0.15) is 0 Å². The van der Waals surface area contributed by atoms with Crippen LogP contribution in [-0.4, -0.2) is 61.4 Å². The number of amides is 2. The largest absolute Gasteiger partial charge is 0.497 e. The van der Waals surface area contributed by atoms with Gasteiger partial charge in [-0.1, -0.05) is 31.2 Å². The van der Waals surface area contributed by atoms with Crippen LogP contribution in [0.3, 0.4) is 0 Å². The minimum atomic E-state index is -0.274. The lowest BCUT2D eigenvalue weighted by Crippen LogP contribution is -2.47. The second-order valence-corrected chi connectivity index (χ2v) is 7.66. The molecule has 0 bridgehead atoms. The zero-order chi connectivity index (χ0) is 21.3. The molecule has 2 amide bonds. The van der Waals surface area contributed by atoms with Gasteiger partial charge in [0.15, 0.2) is 0 Å². The molecule has 2 aromatic carbocycles. The Kier molecular flexibility index (Phi) is 5.59. The Labute approximate surface area is 177 Å². The molecule has 6 nitrogen and oxygen atoms in total. The van der Waals surface area contributed by atoms with E-state index < -0.39 is 0 Å². The molecule has 0 saturated carbocycles. The first-order chi connectivity index (χ1) is 14.5. The van der Waals surface area contributed by atoms with Crippen molar-refractivity contribution in [2.75, 3.05) is 44.7 Å². The molecule has 0 N–H and O–H groups in total. The summed E-state index contributed by atoms with van der Waals surface area (Å²) in [6.45, 7) is 8.29.